The Morgan fingerprint density at radius 1 is 1.18 bits per heavy atom. The van der Waals surface area contributed by atoms with Crippen LogP contribution in [0.5, 0.6) is 0 Å². The van der Waals surface area contributed by atoms with E-state index in [2.05, 4.69) is 16.7 Å². The molecule has 0 spiro atoms. The number of benzene rings is 2. The first-order valence-corrected chi connectivity index (χ1v) is 10.9. The van der Waals surface area contributed by atoms with Crippen LogP contribution >= 0.6 is 0 Å². The van der Waals surface area contributed by atoms with Gasteiger partial charge in [0.05, 0.1) is 23.2 Å². The number of anilines is 1. The van der Waals surface area contributed by atoms with Gasteiger partial charge in [-0.05, 0) is 47.9 Å². The van der Waals surface area contributed by atoms with Crippen molar-refractivity contribution in [2.45, 2.75) is 51.5 Å². The predicted octanol–water partition coefficient (Wildman–Crippen LogP) is 5.17. The number of alkyl halides is 3. The number of hydrogen-bond acceptors (Lipinski definition) is 6. The van der Waals surface area contributed by atoms with Crippen LogP contribution in [-0.2, 0) is 17.5 Å². The summed E-state index contributed by atoms with van der Waals surface area (Å²) in [6.07, 6.45) is -4.00. The van der Waals surface area contributed by atoms with Crippen LogP contribution in [0.25, 0.3) is 0 Å². The van der Waals surface area contributed by atoms with Gasteiger partial charge in [0.15, 0.2) is 5.78 Å². The van der Waals surface area contributed by atoms with Crippen molar-refractivity contribution >= 4 is 11.5 Å². The van der Waals surface area contributed by atoms with Crippen molar-refractivity contribution in [3.8, 4) is 6.07 Å². The number of allylic oxidation sites excluding steroid dienone is 1. The van der Waals surface area contributed by atoms with E-state index in [-0.39, 0.29) is 29.5 Å². The maximum absolute atomic E-state index is 13.1. The van der Waals surface area contributed by atoms with Gasteiger partial charge in [-0.15, -0.1) is 0 Å². The quantitative estimate of drug-likeness (QED) is 0.460. The maximum atomic E-state index is 13.1. The summed E-state index contributed by atoms with van der Waals surface area (Å²) in [5, 5.41) is 27.1. The zero-order valence-corrected chi connectivity index (χ0v) is 19.2. The summed E-state index contributed by atoms with van der Waals surface area (Å²) in [6, 6.07) is 11.2. The number of carbonyl (C=O) groups excluding carboxylic acids is 1. The molecular formula is C25H27F3N4O2. The molecule has 34 heavy (non-hydrogen) atoms. The average molecular weight is 473 g/mol. The minimum atomic E-state index is -4.49. The average Bonchev–Trinajstić information content (AvgIpc) is 3.12. The number of Topliss-reactive ketones (excluding diaryl/α,β-unsaturated/α-hetero) is 1. The molecule has 0 saturated carbocycles. The number of halogens is 3. The third-order valence-electron chi connectivity index (χ3n) is 5.63. The first-order chi connectivity index (χ1) is 16.0. The second-order valence-corrected chi connectivity index (χ2v) is 8.56. The smallest absolute Gasteiger partial charge is 0.358 e. The van der Waals surface area contributed by atoms with Crippen LogP contribution in [0.1, 0.15) is 55.0 Å². The van der Waals surface area contributed by atoms with Gasteiger partial charge < -0.3 is 15.8 Å². The summed E-state index contributed by atoms with van der Waals surface area (Å²) < 4.78 is 39.4. The molecule has 1 aliphatic carbocycles. The molecular weight excluding hydrogens is 445 g/mol. The maximum Gasteiger partial charge on any atom is 0.416 e. The molecule has 3 rings (SSSR count). The minimum Gasteiger partial charge on any atom is -0.358 e. The SMILES string of the molecule is CC(C)NCc1cc(C#N)ccc1C(C1=C(Nc2cccc(C(F)(F)F)c2)CCC1=O)N(C)O. The minimum absolute atomic E-state index is 0.161. The van der Waals surface area contributed by atoms with Gasteiger partial charge in [-0.1, -0.05) is 26.0 Å². The lowest BCUT2D eigenvalue weighted by Crippen LogP contribution is -2.29. The van der Waals surface area contributed by atoms with E-state index in [0.717, 1.165) is 22.8 Å². The van der Waals surface area contributed by atoms with Crippen LogP contribution in [0.2, 0.25) is 0 Å². The molecule has 1 unspecified atom stereocenters. The Morgan fingerprint density at radius 3 is 2.53 bits per heavy atom. The van der Waals surface area contributed by atoms with Gasteiger partial charge in [-0.2, -0.15) is 23.5 Å². The van der Waals surface area contributed by atoms with Gasteiger partial charge in [0, 0.05) is 43.0 Å². The fraction of sp³-hybridized carbons (Fsp3) is 0.360. The highest BCUT2D eigenvalue weighted by Crippen LogP contribution is 2.39. The van der Waals surface area contributed by atoms with Gasteiger partial charge in [0.1, 0.15) is 0 Å². The highest BCUT2D eigenvalue weighted by atomic mass is 19.4. The normalized spacial score (nSPS) is 15.2. The van der Waals surface area contributed by atoms with E-state index >= 15 is 0 Å². The van der Waals surface area contributed by atoms with Crippen molar-refractivity contribution in [2.75, 3.05) is 12.4 Å². The third-order valence-corrected chi connectivity index (χ3v) is 5.63. The van der Waals surface area contributed by atoms with Crippen LogP contribution in [0.4, 0.5) is 18.9 Å². The largest absolute Gasteiger partial charge is 0.416 e. The number of nitrogens with one attached hydrogen (secondary N) is 2. The second kappa shape index (κ2) is 10.4. The molecule has 0 saturated heterocycles. The first kappa shape index (κ1) is 25.4. The van der Waals surface area contributed by atoms with E-state index in [1.807, 2.05) is 13.8 Å². The third kappa shape index (κ3) is 5.83. The van der Waals surface area contributed by atoms with Crippen molar-refractivity contribution in [2.24, 2.45) is 0 Å². The summed E-state index contributed by atoms with van der Waals surface area (Å²) in [5.41, 5.74) is 1.97. The van der Waals surface area contributed by atoms with E-state index in [1.165, 1.54) is 19.2 Å². The predicted molar refractivity (Wildman–Crippen MR) is 122 cm³/mol. The molecule has 6 nitrogen and oxygen atoms in total. The van der Waals surface area contributed by atoms with Gasteiger partial charge in [-0.25, -0.2) is 0 Å². The molecule has 9 heteroatoms. The zero-order chi connectivity index (χ0) is 25.0. The summed E-state index contributed by atoms with van der Waals surface area (Å²) in [5.74, 6) is -0.201. The van der Waals surface area contributed by atoms with E-state index in [9.17, 15) is 28.4 Å². The van der Waals surface area contributed by atoms with Crippen LogP contribution < -0.4 is 10.6 Å². The number of hydrogen-bond donors (Lipinski definition) is 3. The van der Waals surface area contributed by atoms with E-state index in [4.69, 9.17) is 0 Å². The van der Waals surface area contributed by atoms with Gasteiger partial charge in [0.25, 0.3) is 0 Å². The van der Waals surface area contributed by atoms with Gasteiger partial charge in [0.2, 0.25) is 0 Å². The number of ketones is 1. The molecule has 0 radical (unpaired) electrons. The van der Waals surface area contributed by atoms with Crippen molar-refractivity contribution in [3.63, 3.8) is 0 Å². The molecule has 2 aromatic rings. The van der Waals surface area contributed by atoms with E-state index in [0.29, 0.717) is 29.8 Å². The van der Waals surface area contributed by atoms with Crippen LogP contribution in [0, 0.1) is 11.3 Å². The number of carbonyl (C=O) groups is 1. The highest BCUT2D eigenvalue weighted by Gasteiger charge is 2.35. The summed E-state index contributed by atoms with van der Waals surface area (Å²) in [6.45, 7) is 4.36. The second-order valence-electron chi connectivity index (χ2n) is 8.56. The molecule has 1 atom stereocenters. The number of likely N-dealkylation sites (N-methyl/N-ethyl adjacent to an activating group) is 1. The lowest BCUT2D eigenvalue weighted by Gasteiger charge is -2.28. The molecule has 0 heterocycles. The molecule has 0 amide bonds. The lowest BCUT2D eigenvalue weighted by molar-refractivity contribution is -0.137. The molecule has 0 aromatic heterocycles. The summed E-state index contributed by atoms with van der Waals surface area (Å²) in [7, 11) is 1.42. The summed E-state index contributed by atoms with van der Waals surface area (Å²) in [4.78, 5) is 12.9. The monoisotopic (exact) mass is 472 g/mol. The number of nitrogens with zero attached hydrogens (tertiary/aromatic N) is 2. The molecule has 180 valence electrons. The molecule has 0 aliphatic heterocycles. The molecule has 2 aromatic carbocycles. The first-order valence-electron chi connectivity index (χ1n) is 10.9. The fourth-order valence-corrected chi connectivity index (χ4v) is 4.02. The van der Waals surface area contributed by atoms with Crippen molar-refractivity contribution < 1.29 is 23.2 Å². The van der Waals surface area contributed by atoms with Crippen molar-refractivity contribution in [1.29, 1.82) is 5.26 Å². The van der Waals surface area contributed by atoms with Crippen LogP contribution in [0.3, 0.4) is 0 Å². The number of nitriles is 1. The molecule has 0 fully saturated rings. The van der Waals surface area contributed by atoms with Crippen LogP contribution in [-0.4, -0.2) is 29.1 Å². The zero-order valence-electron chi connectivity index (χ0n) is 19.2. The highest BCUT2D eigenvalue weighted by molar-refractivity contribution is 6.00. The van der Waals surface area contributed by atoms with Crippen molar-refractivity contribution in [1.82, 2.24) is 10.4 Å². The topological polar surface area (TPSA) is 88.4 Å². The standard InChI is InChI=1S/C25H27F3N4O2/c1-15(2)30-14-17-11-16(13-29)7-8-20(17)24(32(3)34)23-21(9-10-22(23)33)31-19-6-4-5-18(12-19)25(26,27)28/h4-8,11-12,15,24,30-31,34H,9-10,14H2,1-3H3. The fourth-order valence-electron chi connectivity index (χ4n) is 4.02. The summed E-state index contributed by atoms with van der Waals surface area (Å²) >= 11 is 0. The molecule has 1 aliphatic rings. The number of hydroxylamine groups is 2. The van der Waals surface area contributed by atoms with Crippen molar-refractivity contribution in [3.05, 3.63) is 76.0 Å². The Bertz CT molecular complexity index is 1130. The van der Waals surface area contributed by atoms with E-state index in [1.54, 1.807) is 18.2 Å². The Labute approximate surface area is 196 Å². The molecule has 3 N–H and O–H groups in total. The van der Waals surface area contributed by atoms with E-state index < -0.39 is 17.8 Å². The van der Waals surface area contributed by atoms with Gasteiger partial charge in [-0.3, -0.25) is 4.79 Å². The Hall–Kier alpha value is -3.19. The molecule has 0 bridgehead atoms. The Kier molecular flexibility index (Phi) is 7.77. The Morgan fingerprint density at radius 2 is 1.91 bits per heavy atom. The lowest BCUT2D eigenvalue weighted by atomic mass is 9.91. The van der Waals surface area contributed by atoms with Gasteiger partial charge >= 0.3 is 6.18 Å². The van der Waals surface area contributed by atoms with Crippen LogP contribution in [0.15, 0.2) is 53.7 Å². The number of rotatable bonds is 8. The Balaban J connectivity index is 2.07.